The van der Waals surface area contributed by atoms with Crippen molar-refractivity contribution in [2.24, 2.45) is 17.8 Å². The van der Waals surface area contributed by atoms with E-state index in [2.05, 4.69) is 162 Å². The highest BCUT2D eigenvalue weighted by atomic mass is 127. The monoisotopic (exact) mass is 980 g/mol. The fraction of sp³-hybridized carbons (Fsp3) is 0.935. The van der Waals surface area contributed by atoms with Crippen LogP contribution in [0.15, 0.2) is 10.2 Å². The lowest BCUT2D eigenvalue weighted by atomic mass is 9.80. The quantitative estimate of drug-likeness (QED) is 0.0992. The molecule has 0 aromatic carbocycles. The van der Waals surface area contributed by atoms with Crippen LogP contribution in [-0.4, -0.2) is 98.9 Å². The molecular formula is C46H89IO8Si3. The molecule has 12 heteroatoms. The van der Waals surface area contributed by atoms with Crippen molar-refractivity contribution in [3.63, 3.8) is 0 Å². The number of methoxy groups -OCH3 is 1. The van der Waals surface area contributed by atoms with Crippen LogP contribution < -0.4 is 0 Å². The van der Waals surface area contributed by atoms with Gasteiger partial charge in [0.1, 0.15) is 30.2 Å². The summed E-state index contributed by atoms with van der Waals surface area (Å²) in [5.74, 6) is 1.31. The summed E-state index contributed by atoms with van der Waals surface area (Å²) in [6.45, 7) is 43.5. The molecule has 0 radical (unpaired) electrons. The number of rotatable bonds is 18. The number of carbonyl (C=O) groups is 1. The van der Waals surface area contributed by atoms with E-state index in [1.54, 1.807) is 7.11 Å². The van der Waals surface area contributed by atoms with Crippen molar-refractivity contribution in [2.75, 3.05) is 7.11 Å². The number of Topliss-reactive ketones (excluding diaryl/α,β-unsaturated/α-hetero) is 1. The number of carbonyl (C=O) groups excluding carboxylic acids is 1. The molecule has 3 rings (SSSR count). The summed E-state index contributed by atoms with van der Waals surface area (Å²) in [7, 11) is -5.21. The van der Waals surface area contributed by atoms with Crippen LogP contribution in [-0.2, 0) is 37.0 Å². The molecule has 0 saturated carbocycles. The lowest BCUT2D eigenvalue weighted by Crippen LogP contribution is -2.69. The SMILES string of the molecule is CC[C@@H](C)C[C@H]1O[C@@H](CC(C)OC)C(CC(=O)C[C@H]2CC[C@@H]3O[C@@H]([C@H](/C=C/I)O[Si](C)(C)C(C)(C)C)[C@@H](O[Si](C)(C)C(C)(C)C)[C@@H](O[Si](C)(C)C(C)(C)C)[C@H]3O2)[C@H]1C. The first-order valence-electron chi connectivity index (χ1n) is 22.7. The Labute approximate surface area is 373 Å². The Bertz CT molecular complexity index is 1340. The predicted octanol–water partition coefficient (Wildman–Crippen LogP) is 12.7. The molecule has 0 aromatic rings. The molecule has 0 N–H and O–H groups in total. The van der Waals surface area contributed by atoms with Crippen molar-refractivity contribution < 1.29 is 37.0 Å². The molecule has 0 bridgehead atoms. The number of halogens is 1. The van der Waals surface area contributed by atoms with Crippen LogP contribution in [0.3, 0.4) is 0 Å². The van der Waals surface area contributed by atoms with E-state index >= 15 is 0 Å². The van der Waals surface area contributed by atoms with Gasteiger partial charge in [-0.2, -0.15) is 0 Å². The molecule has 8 nitrogen and oxygen atoms in total. The molecule has 340 valence electrons. The first-order chi connectivity index (χ1) is 26.4. The third-order valence-corrected chi connectivity index (χ3v) is 29.2. The van der Waals surface area contributed by atoms with Crippen molar-refractivity contribution >= 4 is 53.3 Å². The molecule has 2 unspecified atom stereocenters. The normalized spacial score (nSPS) is 32.3. The van der Waals surface area contributed by atoms with Gasteiger partial charge in [0.15, 0.2) is 25.0 Å². The fourth-order valence-electron chi connectivity index (χ4n) is 7.97. The smallest absolute Gasteiger partial charge is 0.193 e. The van der Waals surface area contributed by atoms with Gasteiger partial charge in [0.2, 0.25) is 0 Å². The zero-order valence-electron chi connectivity index (χ0n) is 40.8. The van der Waals surface area contributed by atoms with E-state index in [0.29, 0.717) is 24.7 Å². The molecule has 0 spiro atoms. The van der Waals surface area contributed by atoms with Crippen LogP contribution in [0.25, 0.3) is 0 Å². The van der Waals surface area contributed by atoms with Crippen molar-refractivity contribution in [1.82, 2.24) is 0 Å². The van der Waals surface area contributed by atoms with Crippen LogP contribution in [0.2, 0.25) is 54.4 Å². The first kappa shape index (κ1) is 52.9. The Morgan fingerprint density at radius 1 is 0.776 bits per heavy atom. The Kier molecular flexibility index (Phi) is 18.7. The number of ether oxygens (including phenoxy) is 4. The van der Waals surface area contributed by atoms with Crippen LogP contribution >= 0.6 is 22.6 Å². The number of fused-ring (bicyclic) bond motifs is 1. The minimum absolute atomic E-state index is 0.0111. The van der Waals surface area contributed by atoms with Crippen molar-refractivity contribution in [3.8, 4) is 0 Å². The third-order valence-electron chi connectivity index (χ3n) is 15.4. The van der Waals surface area contributed by atoms with E-state index in [1.165, 1.54) is 0 Å². The molecule has 0 aromatic heterocycles. The summed E-state index contributed by atoms with van der Waals surface area (Å²) in [6, 6.07) is 0. The van der Waals surface area contributed by atoms with Gasteiger partial charge in [-0.15, -0.1) is 0 Å². The highest BCUT2D eigenvalue weighted by molar-refractivity contribution is 14.1. The van der Waals surface area contributed by atoms with Gasteiger partial charge in [-0.05, 0) is 115 Å². The van der Waals surface area contributed by atoms with E-state index in [4.69, 9.17) is 32.2 Å². The third kappa shape index (κ3) is 13.3. The summed E-state index contributed by atoms with van der Waals surface area (Å²) in [5.41, 5.74) is 0. The Balaban J connectivity index is 2.03. The van der Waals surface area contributed by atoms with Gasteiger partial charge in [-0.3, -0.25) is 4.79 Å². The van der Waals surface area contributed by atoms with Gasteiger partial charge in [-0.1, -0.05) is 112 Å². The summed E-state index contributed by atoms with van der Waals surface area (Å²) in [5, 5.41) is -0.0626. The zero-order chi connectivity index (χ0) is 44.4. The molecule has 3 fully saturated rings. The molecule has 58 heavy (non-hydrogen) atoms. The van der Waals surface area contributed by atoms with E-state index in [-0.39, 0.29) is 81.8 Å². The predicted molar refractivity (Wildman–Crippen MR) is 257 cm³/mol. The van der Waals surface area contributed by atoms with Crippen molar-refractivity contribution in [1.29, 1.82) is 0 Å². The van der Waals surface area contributed by atoms with E-state index in [9.17, 15) is 4.79 Å². The summed E-state index contributed by atoms with van der Waals surface area (Å²) in [6.07, 6.45) is 5.52. The van der Waals surface area contributed by atoms with Gasteiger partial charge in [0.05, 0.1) is 36.6 Å². The highest BCUT2D eigenvalue weighted by Crippen LogP contribution is 2.48. The summed E-state index contributed by atoms with van der Waals surface area (Å²) >= 11 is 2.31. The Hall–Kier alpha value is 0.511. The maximum absolute atomic E-state index is 14.2. The lowest BCUT2D eigenvalue weighted by molar-refractivity contribution is -0.266. The van der Waals surface area contributed by atoms with Crippen molar-refractivity contribution in [2.45, 2.75) is 250 Å². The first-order valence-corrected chi connectivity index (χ1v) is 32.7. The Morgan fingerprint density at radius 2 is 1.33 bits per heavy atom. The van der Waals surface area contributed by atoms with E-state index < -0.39 is 31.1 Å². The van der Waals surface area contributed by atoms with Crippen LogP contribution in [0, 0.1) is 17.8 Å². The van der Waals surface area contributed by atoms with Gasteiger partial charge in [0.25, 0.3) is 0 Å². The topological polar surface area (TPSA) is 81.7 Å². The van der Waals surface area contributed by atoms with E-state index in [1.807, 2.05) is 0 Å². The van der Waals surface area contributed by atoms with Crippen LogP contribution in [0.5, 0.6) is 0 Å². The zero-order valence-corrected chi connectivity index (χ0v) is 45.9. The summed E-state index contributed by atoms with van der Waals surface area (Å²) in [4.78, 5) is 14.2. The second-order valence-electron chi connectivity index (χ2n) is 23.0. The molecule has 0 amide bonds. The van der Waals surface area contributed by atoms with Crippen molar-refractivity contribution in [3.05, 3.63) is 10.2 Å². The maximum atomic E-state index is 14.2. The fourth-order valence-corrected chi connectivity index (χ4v) is 12.2. The van der Waals surface area contributed by atoms with Gasteiger partial charge in [-0.25, -0.2) is 0 Å². The molecule has 3 heterocycles. The summed E-state index contributed by atoms with van der Waals surface area (Å²) < 4.78 is 51.4. The van der Waals surface area contributed by atoms with E-state index in [0.717, 1.165) is 32.1 Å². The lowest BCUT2D eigenvalue weighted by Gasteiger charge is -2.56. The Morgan fingerprint density at radius 3 is 1.83 bits per heavy atom. The molecule has 3 aliphatic rings. The molecule has 13 atom stereocenters. The standard InChI is InChI=1S/C46H89IO8Si3/c1-21-30(2)26-38-32(4)35(39(51-38)27-31(3)49-14)29-33(48)28-34-22-23-36-40(50-34)42(54-57(17,18)45(8,9)10)43(55-58(19,20)46(11,12)13)41(52-36)37(24-25-47)53-56(15,16)44(5,6)7/h24-25,30-32,34-43H,21-23,26-29H2,1-20H3/b25-24+/t30-,31?,32-,34-,35?,36+,37+,38-,39+,40+,41+,42+,43-/m1/s1. The maximum Gasteiger partial charge on any atom is 0.193 e. The van der Waals surface area contributed by atoms with Gasteiger partial charge < -0.3 is 32.2 Å². The molecule has 3 saturated heterocycles. The average Bonchev–Trinajstić information content (AvgIpc) is 3.35. The molecule has 3 aliphatic heterocycles. The van der Waals surface area contributed by atoms with Crippen LogP contribution in [0.1, 0.15) is 135 Å². The minimum atomic E-state index is -2.37. The molecular weight excluding hydrogens is 892 g/mol. The largest absolute Gasteiger partial charge is 0.408 e. The number of hydrogen-bond donors (Lipinski definition) is 0. The van der Waals surface area contributed by atoms with Gasteiger partial charge in [0, 0.05) is 20.0 Å². The second kappa shape index (κ2) is 20.6. The average molecular weight is 981 g/mol. The minimum Gasteiger partial charge on any atom is -0.408 e. The number of hydrogen-bond acceptors (Lipinski definition) is 8. The number of ketones is 1. The molecule has 0 aliphatic carbocycles. The second-order valence-corrected chi connectivity index (χ2v) is 38.0. The van der Waals surface area contributed by atoms with Gasteiger partial charge >= 0.3 is 0 Å². The highest BCUT2D eigenvalue weighted by Gasteiger charge is 2.58. The van der Waals surface area contributed by atoms with Crippen LogP contribution in [0.4, 0.5) is 0 Å².